The third kappa shape index (κ3) is 9.91. The Labute approximate surface area is 311 Å². The van der Waals surface area contributed by atoms with Gasteiger partial charge < -0.3 is 36.8 Å². The number of rotatable bonds is 16. The van der Waals surface area contributed by atoms with E-state index in [1.165, 1.54) is 21.8 Å². The molecule has 1 aliphatic heterocycles. The number of nitrogens with zero attached hydrogens (tertiary/aromatic N) is 6. The largest absolute Gasteiger partial charge is 0.465 e. The summed E-state index contributed by atoms with van der Waals surface area (Å²) in [6.07, 6.45) is 7.51. The number of pyridine rings is 2. The van der Waals surface area contributed by atoms with Crippen LogP contribution in [0.1, 0.15) is 100 Å². The summed E-state index contributed by atoms with van der Waals surface area (Å²) in [5.74, 6) is -3.99. The summed E-state index contributed by atoms with van der Waals surface area (Å²) in [7, 11) is 0. The van der Waals surface area contributed by atoms with Crippen molar-refractivity contribution in [3.63, 3.8) is 0 Å². The minimum Gasteiger partial charge on any atom is -0.465 e. The van der Waals surface area contributed by atoms with Crippen LogP contribution in [0.2, 0.25) is 0 Å². The predicted molar refractivity (Wildman–Crippen MR) is 192 cm³/mol. The van der Waals surface area contributed by atoms with Crippen molar-refractivity contribution in [1.29, 1.82) is 0 Å². The molecule has 0 spiro atoms. The summed E-state index contributed by atoms with van der Waals surface area (Å²) in [5, 5.41) is 35.6. The first-order chi connectivity index (χ1) is 25.7. The Morgan fingerprint density at radius 1 is 1.00 bits per heavy atom. The topological polar surface area (TPSA) is 265 Å². The van der Waals surface area contributed by atoms with Crippen molar-refractivity contribution in [1.82, 2.24) is 45.8 Å². The molecule has 4 atom stereocenters. The number of aliphatic hydroxyl groups is 1. The van der Waals surface area contributed by atoms with Crippen molar-refractivity contribution < 1.29 is 39.0 Å². The molecule has 4 heterocycles. The number of hydrogen-bond donors (Lipinski definition) is 6. The number of Topliss-reactive ketones (excluding diaryl/α,β-unsaturated/α-hetero) is 1. The maximum absolute atomic E-state index is 14.7. The average Bonchev–Trinajstić information content (AvgIpc) is 3.82. The highest BCUT2D eigenvalue weighted by atomic mass is 16.4. The summed E-state index contributed by atoms with van der Waals surface area (Å²) >= 11 is 0. The van der Waals surface area contributed by atoms with E-state index >= 15 is 0 Å². The zero-order valence-electron chi connectivity index (χ0n) is 30.4. The molecule has 290 valence electrons. The van der Waals surface area contributed by atoms with Crippen LogP contribution < -0.4 is 21.7 Å². The number of primary amides is 1. The minimum absolute atomic E-state index is 0.00729. The van der Waals surface area contributed by atoms with Crippen molar-refractivity contribution in [2.45, 2.75) is 108 Å². The molecule has 0 bridgehead atoms. The molecule has 1 aliphatic carbocycles. The van der Waals surface area contributed by atoms with Crippen molar-refractivity contribution >= 4 is 46.5 Å². The second kappa shape index (κ2) is 17.5. The number of carbonyl (C=O) groups excluding carboxylic acids is 5. The maximum atomic E-state index is 14.7. The molecule has 1 saturated carbocycles. The molecule has 0 aromatic carbocycles. The highest BCUT2D eigenvalue weighted by Gasteiger charge is 2.45. The third-order valence-corrected chi connectivity index (χ3v) is 10.1. The molecule has 2 unspecified atom stereocenters. The molecule has 2 fully saturated rings. The number of amides is 5. The van der Waals surface area contributed by atoms with E-state index in [1.807, 2.05) is 0 Å². The van der Waals surface area contributed by atoms with Crippen LogP contribution in [0.5, 0.6) is 0 Å². The van der Waals surface area contributed by atoms with Crippen LogP contribution in [0.15, 0.2) is 36.7 Å². The van der Waals surface area contributed by atoms with Gasteiger partial charge in [-0.15, -0.1) is 5.10 Å². The van der Waals surface area contributed by atoms with Gasteiger partial charge in [0.2, 0.25) is 17.6 Å². The van der Waals surface area contributed by atoms with Gasteiger partial charge in [-0.3, -0.25) is 29.0 Å². The van der Waals surface area contributed by atoms with Crippen LogP contribution in [0, 0.1) is 5.92 Å². The molecule has 3 aromatic heterocycles. The van der Waals surface area contributed by atoms with Gasteiger partial charge in [0.15, 0.2) is 0 Å². The number of fused-ring (bicyclic) bond motifs is 1. The quantitative estimate of drug-likeness (QED) is 0.0896. The van der Waals surface area contributed by atoms with E-state index in [2.05, 4.69) is 36.2 Å². The Hall–Kier alpha value is -5.52. The van der Waals surface area contributed by atoms with E-state index in [0.717, 1.165) is 32.1 Å². The first-order valence-corrected chi connectivity index (χ1v) is 18.3. The molecular formula is C36H48N10O8. The molecule has 7 N–H and O–H groups in total. The van der Waals surface area contributed by atoms with Crippen LogP contribution >= 0.6 is 0 Å². The van der Waals surface area contributed by atoms with Crippen molar-refractivity contribution in [2.75, 3.05) is 13.1 Å². The van der Waals surface area contributed by atoms with Gasteiger partial charge in [0.05, 0.1) is 35.0 Å². The fourth-order valence-corrected chi connectivity index (χ4v) is 7.31. The van der Waals surface area contributed by atoms with Gasteiger partial charge in [0.25, 0.3) is 11.8 Å². The predicted octanol–water partition coefficient (Wildman–Crippen LogP) is 1.34. The Morgan fingerprint density at radius 3 is 2.46 bits per heavy atom. The first kappa shape index (κ1) is 39.7. The number of carboxylic acid groups (broad SMARTS) is 1. The van der Waals surface area contributed by atoms with E-state index in [-0.39, 0.29) is 44.0 Å². The van der Waals surface area contributed by atoms with E-state index in [9.17, 15) is 33.9 Å². The Morgan fingerprint density at radius 2 is 1.76 bits per heavy atom. The summed E-state index contributed by atoms with van der Waals surface area (Å²) in [6, 6.07) is 2.44. The lowest BCUT2D eigenvalue weighted by molar-refractivity contribution is -0.142. The van der Waals surface area contributed by atoms with Crippen LogP contribution in [-0.2, 0) is 24.8 Å². The van der Waals surface area contributed by atoms with E-state index < -0.39 is 65.3 Å². The molecule has 0 radical (unpaired) electrons. The number of unbranched alkanes of at least 4 members (excludes halogenated alkanes) is 1. The lowest BCUT2D eigenvalue weighted by Gasteiger charge is -2.32. The Kier molecular flexibility index (Phi) is 12.9. The number of nitrogens with one attached hydrogen (secondary N) is 3. The number of carbonyl (C=O) groups is 6. The smallest absolute Gasteiger partial charge is 0.404 e. The second-order valence-corrected chi connectivity index (χ2v) is 14.5. The Balaban J connectivity index is 1.44. The van der Waals surface area contributed by atoms with Crippen molar-refractivity contribution in [2.24, 2.45) is 11.7 Å². The molecule has 5 amide bonds. The first-order valence-electron chi connectivity index (χ1n) is 18.3. The zero-order chi connectivity index (χ0) is 39.0. The van der Waals surface area contributed by atoms with Gasteiger partial charge in [0.1, 0.15) is 23.4 Å². The molecule has 1 saturated heterocycles. The van der Waals surface area contributed by atoms with Gasteiger partial charge in [-0.25, -0.2) is 14.5 Å². The summed E-state index contributed by atoms with van der Waals surface area (Å²) < 4.78 is 1.47. The summed E-state index contributed by atoms with van der Waals surface area (Å²) in [4.78, 5) is 88.4. The molecule has 3 aromatic rings. The molecule has 2 aliphatic rings. The van der Waals surface area contributed by atoms with Crippen LogP contribution in [0.4, 0.5) is 4.79 Å². The van der Waals surface area contributed by atoms with Crippen LogP contribution in [0.3, 0.4) is 0 Å². The van der Waals surface area contributed by atoms with Crippen molar-refractivity contribution in [3.8, 4) is 0 Å². The minimum atomic E-state index is -1.37. The van der Waals surface area contributed by atoms with Gasteiger partial charge in [-0.1, -0.05) is 37.3 Å². The molecule has 18 nitrogen and oxygen atoms in total. The normalized spacial score (nSPS) is 18.8. The highest BCUT2D eigenvalue weighted by molar-refractivity contribution is 6.37. The fourth-order valence-electron chi connectivity index (χ4n) is 7.31. The molecule has 18 heteroatoms. The molecular weight excluding hydrogens is 700 g/mol. The fraction of sp³-hybridized carbons (Fsp3) is 0.556. The van der Waals surface area contributed by atoms with Gasteiger partial charge in [-0.05, 0) is 69.7 Å². The summed E-state index contributed by atoms with van der Waals surface area (Å²) in [5.41, 5.74) is 5.50. The zero-order valence-corrected chi connectivity index (χ0v) is 30.4. The van der Waals surface area contributed by atoms with Crippen LogP contribution in [-0.4, -0.2) is 107 Å². The maximum Gasteiger partial charge on any atom is 0.404 e. The SMILES string of the molecule is CC(C)(O)c1cnnn1[C@H]1C[C@@H](C(=O)NC(CCCCNC(=O)O)C(=O)C(N)=O)N(C(=O)C(CC2CCCCC2)NC(=O)c2ccc3ncccc3n2)C1. The van der Waals surface area contributed by atoms with E-state index in [4.69, 9.17) is 10.8 Å². The van der Waals surface area contributed by atoms with Crippen molar-refractivity contribution in [3.05, 3.63) is 48.0 Å². The van der Waals surface area contributed by atoms with Gasteiger partial charge in [0, 0.05) is 25.7 Å². The lowest BCUT2D eigenvalue weighted by atomic mass is 9.84. The van der Waals surface area contributed by atoms with Crippen LogP contribution in [0.25, 0.3) is 11.0 Å². The molecule has 5 rings (SSSR count). The van der Waals surface area contributed by atoms with Gasteiger partial charge in [-0.2, -0.15) is 0 Å². The number of likely N-dealkylation sites (tertiary alicyclic amines) is 1. The highest BCUT2D eigenvalue weighted by Crippen LogP contribution is 2.33. The van der Waals surface area contributed by atoms with E-state index in [1.54, 1.807) is 38.2 Å². The number of nitrogens with two attached hydrogens (primary N) is 1. The second-order valence-electron chi connectivity index (χ2n) is 14.5. The molecule has 54 heavy (non-hydrogen) atoms. The van der Waals surface area contributed by atoms with E-state index in [0.29, 0.717) is 29.6 Å². The number of ketones is 1. The third-order valence-electron chi connectivity index (χ3n) is 10.1. The van der Waals surface area contributed by atoms with Gasteiger partial charge >= 0.3 is 6.09 Å². The standard InChI is InChI=1S/C36H48N10O8/c1-36(2,54)29-19-40-44-46(29)22-18-28(33(50)42-25(30(47)31(37)48)11-6-7-15-39-35(52)53)45(20-22)34(51)27(17-21-9-4-3-5-10-21)43-32(49)26-14-13-23-24(41-26)12-8-16-38-23/h8,12-14,16,19,21-22,25,27-28,39,54H,3-7,9-11,15,17-18,20H2,1-2H3,(H2,37,48)(H,42,50)(H,43,49)(H,52,53)/t22-,25?,27?,28-/m0/s1. The lowest BCUT2D eigenvalue weighted by Crippen LogP contribution is -2.56. The number of hydrogen-bond acceptors (Lipinski definition) is 11. The average molecular weight is 749 g/mol. The Bertz CT molecular complexity index is 1850. The number of aromatic nitrogens is 5. The monoisotopic (exact) mass is 748 g/mol. The summed E-state index contributed by atoms with van der Waals surface area (Å²) in [6.45, 7) is 3.16.